The van der Waals surface area contributed by atoms with E-state index in [2.05, 4.69) is 15.5 Å². The van der Waals surface area contributed by atoms with Gasteiger partial charge >= 0.3 is 6.18 Å². The van der Waals surface area contributed by atoms with E-state index in [0.717, 1.165) is 11.8 Å². The molecule has 0 radical (unpaired) electrons. The highest BCUT2D eigenvalue weighted by molar-refractivity contribution is 6.34. The van der Waals surface area contributed by atoms with Crippen molar-refractivity contribution in [1.29, 1.82) is 0 Å². The van der Waals surface area contributed by atoms with Gasteiger partial charge in [-0.15, -0.1) is 0 Å². The van der Waals surface area contributed by atoms with E-state index in [4.69, 9.17) is 17.3 Å². The summed E-state index contributed by atoms with van der Waals surface area (Å²) in [4.78, 5) is 14.3. The van der Waals surface area contributed by atoms with Gasteiger partial charge in [0.1, 0.15) is 5.82 Å². The first-order valence-corrected chi connectivity index (χ1v) is 8.47. The first-order valence-electron chi connectivity index (χ1n) is 8.09. The van der Waals surface area contributed by atoms with Crippen molar-refractivity contribution in [3.63, 3.8) is 0 Å². The third-order valence-electron chi connectivity index (χ3n) is 4.34. The number of anilines is 1. The molecule has 3 rings (SSSR count). The molecule has 0 saturated carbocycles. The van der Waals surface area contributed by atoms with E-state index >= 15 is 0 Å². The number of alkyl halides is 3. The zero-order chi connectivity index (χ0) is 19.8. The quantitative estimate of drug-likeness (QED) is 0.736. The van der Waals surface area contributed by atoms with Gasteiger partial charge in [-0.05, 0) is 19.1 Å². The van der Waals surface area contributed by atoms with Gasteiger partial charge in [0.2, 0.25) is 0 Å². The zero-order valence-corrected chi connectivity index (χ0v) is 15.0. The molecule has 1 aliphatic heterocycles. The molecule has 27 heavy (non-hydrogen) atoms. The Balaban J connectivity index is 1.85. The SMILES string of the molecule is CC1CC(Nc2ccn[nH]2)=C(N)CN1C(=O)c1cccc(C(F)(F)F)c1Cl. The first kappa shape index (κ1) is 19.1. The number of H-pyrrole nitrogens is 1. The number of hydrogen-bond donors (Lipinski definition) is 3. The van der Waals surface area contributed by atoms with Crippen LogP contribution in [0.25, 0.3) is 0 Å². The molecule has 2 aromatic rings. The third kappa shape index (κ3) is 3.87. The lowest BCUT2D eigenvalue weighted by Crippen LogP contribution is -2.45. The molecular weight excluding hydrogens is 383 g/mol. The fourth-order valence-electron chi connectivity index (χ4n) is 2.93. The number of aromatic amines is 1. The average Bonchev–Trinajstić information content (AvgIpc) is 3.09. The summed E-state index contributed by atoms with van der Waals surface area (Å²) in [7, 11) is 0. The van der Waals surface area contributed by atoms with Crippen LogP contribution in [0.3, 0.4) is 0 Å². The molecule has 1 atom stereocenters. The maximum Gasteiger partial charge on any atom is 0.417 e. The highest BCUT2D eigenvalue weighted by Gasteiger charge is 2.36. The molecule has 0 fully saturated rings. The Bertz CT molecular complexity index is 879. The minimum Gasteiger partial charge on any atom is -0.399 e. The van der Waals surface area contributed by atoms with Crippen LogP contribution >= 0.6 is 11.6 Å². The maximum absolute atomic E-state index is 13.1. The second-order valence-electron chi connectivity index (χ2n) is 6.25. The highest BCUT2D eigenvalue weighted by Crippen LogP contribution is 2.37. The largest absolute Gasteiger partial charge is 0.417 e. The smallest absolute Gasteiger partial charge is 0.399 e. The van der Waals surface area contributed by atoms with E-state index in [1.54, 1.807) is 19.2 Å². The molecule has 1 aliphatic rings. The number of rotatable bonds is 3. The number of aromatic nitrogens is 2. The lowest BCUT2D eigenvalue weighted by molar-refractivity contribution is -0.137. The van der Waals surface area contributed by atoms with Crippen molar-refractivity contribution in [1.82, 2.24) is 15.1 Å². The van der Waals surface area contributed by atoms with E-state index in [9.17, 15) is 18.0 Å². The predicted octanol–water partition coefficient (Wildman–Crippen LogP) is 3.60. The van der Waals surface area contributed by atoms with Gasteiger partial charge in [-0.1, -0.05) is 17.7 Å². The number of amides is 1. The van der Waals surface area contributed by atoms with Gasteiger partial charge < -0.3 is 16.0 Å². The Hall–Kier alpha value is -2.68. The molecule has 144 valence electrons. The minimum absolute atomic E-state index is 0.0725. The summed E-state index contributed by atoms with van der Waals surface area (Å²) in [6.45, 7) is 1.86. The molecule has 0 bridgehead atoms. The van der Waals surface area contributed by atoms with Crippen molar-refractivity contribution >= 4 is 23.3 Å². The topological polar surface area (TPSA) is 87.0 Å². The highest BCUT2D eigenvalue weighted by atomic mass is 35.5. The van der Waals surface area contributed by atoms with Crippen LogP contribution < -0.4 is 11.1 Å². The predicted molar refractivity (Wildman–Crippen MR) is 95.0 cm³/mol. The Labute approximate surface area is 158 Å². The molecule has 2 heterocycles. The van der Waals surface area contributed by atoms with Crippen LogP contribution in [0.4, 0.5) is 19.0 Å². The molecule has 1 aromatic carbocycles. The number of benzene rings is 1. The van der Waals surface area contributed by atoms with E-state index in [0.29, 0.717) is 17.9 Å². The third-order valence-corrected chi connectivity index (χ3v) is 4.75. The van der Waals surface area contributed by atoms with Crippen LogP contribution in [-0.4, -0.2) is 33.6 Å². The first-order chi connectivity index (χ1) is 12.7. The Kier molecular flexibility index (Phi) is 5.05. The summed E-state index contributed by atoms with van der Waals surface area (Å²) in [5.41, 5.74) is 5.99. The molecule has 1 aromatic heterocycles. The standard InChI is InChI=1S/C17H17ClF3N5O/c1-9-7-13(24-14-5-6-23-25-14)12(22)8-26(9)16(27)10-3-2-4-11(15(10)18)17(19,20)21/h2-6,9H,7-8,22H2,1H3,(H2,23,24,25). The van der Waals surface area contributed by atoms with Gasteiger partial charge in [-0.25, -0.2) is 0 Å². The second kappa shape index (κ2) is 7.15. The number of hydrogen-bond acceptors (Lipinski definition) is 4. The van der Waals surface area contributed by atoms with E-state index in [-0.39, 0.29) is 18.2 Å². The van der Waals surface area contributed by atoms with Crippen LogP contribution in [0.1, 0.15) is 29.3 Å². The molecule has 1 unspecified atom stereocenters. The molecule has 10 heteroatoms. The summed E-state index contributed by atoms with van der Waals surface area (Å²) < 4.78 is 39.2. The minimum atomic E-state index is -4.64. The fraction of sp³-hybridized carbons (Fsp3) is 0.294. The van der Waals surface area contributed by atoms with Crippen molar-refractivity contribution < 1.29 is 18.0 Å². The molecular formula is C17H17ClF3N5O. The monoisotopic (exact) mass is 399 g/mol. The van der Waals surface area contributed by atoms with Gasteiger partial charge in [0.15, 0.2) is 0 Å². The lowest BCUT2D eigenvalue weighted by Gasteiger charge is -2.35. The number of carbonyl (C=O) groups excluding carboxylic acids is 1. The Morgan fingerprint density at radius 2 is 2.15 bits per heavy atom. The van der Waals surface area contributed by atoms with Crippen molar-refractivity contribution in [3.8, 4) is 0 Å². The number of carbonyl (C=O) groups is 1. The fourth-order valence-corrected chi connectivity index (χ4v) is 3.25. The summed E-state index contributed by atoms with van der Waals surface area (Å²) >= 11 is 5.88. The van der Waals surface area contributed by atoms with E-state index < -0.39 is 22.7 Å². The Morgan fingerprint density at radius 1 is 1.41 bits per heavy atom. The molecule has 6 nitrogen and oxygen atoms in total. The lowest BCUT2D eigenvalue weighted by atomic mass is 10.0. The van der Waals surface area contributed by atoms with Gasteiger partial charge in [0.05, 0.1) is 28.9 Å². The summed E-state index contributed by atoms with van der Waals surface area (Å²) in [6.07, 6.45) is -2.65. The van der Waals surface area contributed by atoms with Crippen LogP contribution in [0.5, 0.6) is 0 Å². The van der Waals surface area contributed by atoms with E-state index in [1.165, 1.54) is 17.0 Å². The zero-order valence-electron chi connectivity index (χ0n) is 14.3. The molecule has 4 N–H and O–H groups in total. The van der Waals surface area contributed by atoms with Crippen molar-refractivity contribution in [2.24, 2.45) is 5.73 Å². The van der Waals surface area contributed by atoms with Crippen molar-refractivity contribution in [3.05, 3.63) is 58.0 Å². The van der Waals surface area contributed by atoms with Gasteiger partial charge in [0.25, 0.3) is 5.91 Å². The number of halogens is 4. The summed E-state index contributed by atoms with van der Waals surface area (Å²) in [5, 5.41) is 9.08. The summed E-state index contributed by atoms with van der Waals surface area (Å²) in [5.74, 6) is 0.0583. The normalized spacial score (nSPS) is 18.0. The van der Waals surface area contributed by atoms with Crippen LogP contribution in [0.15, 0.2) is 41.9 Å². The summed E-state index contributed by atoms with van der Waals surface area (Å²) in [6, 6.07) is 4.73. The Morgan fingerprint density at radius 3 is 2.78 bits per heavy atom. The molecule has 0 saturated heterocycles. The molecule has 1 amide bonds. The number of nitrogens with zero attached hydrogens (tertiary/aromatic N) is 2. The van der Waals surface area contributed by atoms with Gasteiger partial charge in [0, 0.05) is 29.9 Å². The number of nitrogens with one attached hydrogen (secondary N) is 2. The average molecular weight is 400 g/mol. The van der Waals surface area contributed by atoms with Crippen LogP contribution in [-0.2, 0) is 6.18 Å². The van der Waals surface area contributed by atoms with Gasteiger partial charge in [-0.3, -0.25) is 9.89 Å². The molecule has 0 aliphatic carbocycles. The molecule has 0 spiro atoms. The van der Waals surface area contributed by atoms with Crippen molar-refractivity contribution in [2.75, 3.05) is 11.9 Å². The van der Waals surface area contributed by atoms with E-state index in [1.807, 2.05) is 0 Å². The van der Waals surface area contributed by atoms with Crippen LogP contribution in [0.2, 0.25) is 5.02 Å². The second-order valence-corrected chi connectivity index (χ2v) is 6.63. The van der Waals surface area contributed by atoms with Crippen LogP contribution in [0, 0.1) is 0 Å². The van der Waals surface area contributed by atoms with Gasteiger partial charge in [-0.2, -0.15) is 18.3 Å². The maximum atomic E-state index is 13.1. The number of nitrogens with two attached hydrogens (primary N) is 1. The van der Waals surface area contributed by atoms with Crippen molar-refractivity contribution in [2.45, 2.75) is 25.6 Å².